The van der Waals surface area contributed by atoms with Crippen molar-refractivity contribution in [2.24, 2.45) is 0 Å². The number of hydrogen-bond acceptors (Lipinski definition) is 3. The molecule has 1 saturated carbocycles. The number of carbonyl (C=O) groups excluding carboxylic acids is 2. The minimum absolute atomic E-state index is 0.0426. The SMILES string of the molecule is CN(C)C1(Cc2cccc(Cl)c2)CCC(NC(=O)CCC(=O)NCCc2c[nH]c3ccccc23)CC1. The molecule has 0 radical (unpaired) electrons. The Hall–Kier alpha value is -2.83. The van der Waals surface area contributed by atoms with Gasteiger partial charge in [-0.15, -0.1) is 0 Å². The average Bonchev–Trinajstić information content (AvgIpc) is 3.27. The van der Waals surface area contributed by atoms with Crippen LogP contribution in [-0.2, 0) is 22.4 Å². The summed E-state index contributed by atoms with van der Waals surface area (Å²) >= 11 is 6.20. The lowest BCUT2D eigenvalue weighted by molar-refractivity contribution is -0.127. The van der Waals surface area contributed by atoms with Crippen LogP contribution in [0, 0.1) is 0 Å². The molecular weight excluding hydrogens is 472 g/mol. The molecular formula is C29H37ClN4O2. The van der Waals surface area contributed by atoms with E-state index in [0.29, 0.717) is 6.54 Å². The fourth-order valence-corrected chi connectivity index (χ4v) is 5.61. The van der Waals surface area contributed by atoms with E-state index in [9.17, 15) is 9.59 Å². The topological polar surface area (TPSA) is 77.2 Å². The maximum absolute atomic E-state index is 12.5. The van der Waals surface area contributed by atoms with Crippen molar-refractivity contribution in [3.8, 4) is 0 Å². The van der Waals surface area contributed by atoms with E-state index >= 15 is 0 Å². The van der Waals surface area contributed by atoms with Crippen molar-refractivity contribution in [3.63, 3.8) is 0 Å². The number of hydrogen-bond donors (Lipinski definition) is 3. The summed E-state index contributed by atoms with van der Waals surface area (Å²) in [6, 6.07) is 16.4. The van der Waals surface area contributed by atoms with Gasteiger partial charge in [0.1, 0.15) is 0 Å². The lowest BCUT2D eigenvalue weighted by Gasteiger charge is -2.45. The first kappa shape index (κ1) is 26.2. The van der Waals surface area contributed by atoms with Crippen molar-refractivity contribution >= 4 is 34.3 Å². The highest BCUT2D eigenvalue weighted by atomic mass is 35.5. The first-order chi connectivity index (χ1) is 17.3. The average molecular weight is 509 g/mol. The van der Waals surface area contributed by atoms with Crippen LogP contribution in [0.4, 0.5) is 0 Å². The van der Waals surface area contributed by atoms with Gasteiger partial charge in [0.05, 0.1) is 0 Å². The maximum atomic E-state index is 12.5. The number of aromatic nitrogens is 1. The second kappa shape index (κ2) is 11.9. The van der Waals surface area contributed by atoms with Crippen molar-refractivity contribution in [2.45, 2.75) is 62.9 Å². The number of benzene rings is 2. The molecule has 36 heavy (non-hydrogen) atoms. The summed E-state index contributed by atoms with van der Waals surface area (Å²) in [6.07, 6.45) is 8.00. The van der Waals surface area contributed by atoms with E-state index in [1.54, 1.807) is 0 Å². The van der Waals surface area contributed by atoms with Crippen molar-refractivity contribution in [3.05, 3.63) is 70.9 Å². The molecule has 6 nitrogen and oxygen atoms in total. The van der Waals surface area contributed by atoms with Crippen LogP contribution in [0.3, 0.4) is 0 Å². The third-order valence-corrected chi connectivity index (χ3v) is 7.86. The number of likely N-dealkylation sites (N-methyl/N-ethyl adjacent to an activating group) is 1. The van der Waals surface area contributed by atoms with Crippen LogP contribution in [-0.4, -0.2) is 53.9 Å². The molecule has 3 N–H and O–H groups in total. The number of para-hydroxylation sites is 1. The van der Waals surface area contributed by atoms with Crippen LogP contribution in [0.2, 0.25) is 5.02 Å². The number of fused-ring (bicyclic) bond motifs is 1. The van der Waals surface area contributed by atoms with Gasteiger partial charge in [0, 0.05) is 53.1 Å². The number of halogens is 1. The number of aromatic amines is 1. The minimum Gasteiger partial charge on any atom is -0.361 e. The molecule has 1 aromatic heterocycles. The number of H-pyrrole nitrogens is 1. The van der Waals surface area contributed by atoms with Crippen LogP contribution < -0.4 is 10.6 Å². The van der Waals surface area contributed by atoms with Crippen LogP contribution in [0.15, 0.2) is 54.7 Å². The quantitative estimate of drug-likeness (QED) is 0.366. The molecule has 7 heteroatoms. The third-order valence-electron chi connectivity index (χ3n) is 7.62. The summed E-state index contributed by atoms with van der Waals surface area (Å²) in [5.74, 6) is -0.124. The Kier molecular flexibility index (Phi) is 8.70. The zero-order chi connectivity index (χ0) is 25.5. The molecule has 1 fully saturated rings. The van der Waals surface area contributed by atoms with E-state index in [-0.39, 0.29) is 36.2 Å². The second-order valence-corrected chi connectivity index (χ2v) is 10.7. The molecule has 192 valence electrons. The van der Waals surface area contributed by atoms with Crippen molar-refractivity contribution in [2.75, 3.05) is 20.6 Å². The van der Waals surface area contributed by atoms with E-state index in [1.165, 1.54) is 16.5 Å². The Labute approximate surface area is 218 Å². The molecule has 0 atom stereocenters. The van der Waals surface area contributed by atoms with Gasteiger partial charge < -0.3 is 20.5 Å². The Morgan fingerprint density at radius 2 is 1.81 bits per heavy atom. The lowest BCUT2D eigenvalue weighted by atomic mass is 9.75. The Balaban J connectivity index is 1.17. The highest BCUT2D eigenvalue weighted by Crippen LogP contribution is 2.36. The zero-order valence-electron chi connectivity index (χ0n) is 21.3. The minimum atomic E-state index is -0.0817. The van der Waals surface area contributed by atoms with Crippen LogP contribution in [0.1, 0.15) is 49.7 Å². The first-order valence-electron chi connectivity index (χ1n) is 12.9. The molecule has 1 aliphatic carbocycles. The fraction of sp³-hybridized carbons (Fsp3) is 0.448. The Morgan fingerprint density at radius 3 is 2.56 bits per heavy atom. The second-order valence-electron chi connectivity index (χ2n) is 10.2. The number of nitrogens with zero attached hydrogens (tertiary/aromatic N) is 1. The van der Waals surface area contributed by atoms with Crippen molar-refractivity contribution in [1.29, 1.82) is 0 Å². The highest BCUT2D eigenvalue weighted by Gasteiger charge is 2.37. The van der Waals surface area contributed by atoms with E-state index in [2.05, 4.69) is 46.7 Å². The highest BCUT2D eigenvalue weighted by molar-refractivity contribution is 6.30. The van der Waals surface area contributed by atoms with Crippen molar-refractivity contribution in [1.82, 2.24) is 20.5 Å². The maximum Gasteiger partial charge on any atom is 0.220 e. The summed E-state index contributed by atoms with van der Waals surface area (Å²) in [5, 5.41) is 8.06. The van der Waals surface area contributed by atoms with E-state index in [0.717, 1.165) is 49.1 Å². The monoisotopic (exact) mass is 508 g/mol. The Morgan fingerprint density at radius 1 is 1.06 bits per heavy atom. The van der Waals surface area contributed by atoms with Crippen molar-refractivity contribution < 1.29 is 9.59 Å². The molecule has 0 aliphatic heterocycles. The number of amides is 2. The van der Waals surface area contributed by atoms with Gasteiger partial charge in [0.25, 0.3) is 0 Å². The van der Waals surface area contributed by atoms with Gasteiger partial charge in [-0.3, -0.25) is 9.59 Å². The van der Waals surface area contributed by atoms with Gasteiger partial charge in [-0.1, -0.05) is 41.9 Å². The molecule has 0 spiro atoms. The normalized spacial score (nSPS) is 19.9. The van der Waals surface area contributed by atoms with E-state index in [4.69, 9.17) is 11.6 Å². The number of rotatable bonds is 10. The fourth-order valence-electron chi connectivity index (χ4n) is 5.40. The summed E-state index contributed by atoms with van der Waals surface area (Å²) in [6.45, 7) is 0.560. The van der Waals surface area contributed by atoms with E-state index < -0.39 is 0 Å². The molecule has 0 unspecified atom stereocenters. The van der Waals surface area contributed by atoms with Crippen LogP contribution in [0.25, 0.3) is 10.9 Å². The number of nitrogens with one attached hydrogen (secondary N) is 3. The Bertz CT molecular complexity index is 1180. The lowest BCUT2D eigenvalue weighted by Crippen LogP contribution is -2.52. The molecule has 1 heterocycles. The molecule has 2 aromatic carbocycles. The molecule has 0 bridgehead atoms. The third kappa shape index (κ3) is 6.68. The standard InChI is InChI=1S/C29H37ClN4O2/c1-34(2)29(19-21-6-5-7-23(30)18-21)15-12-24(13-16-29)33-28(36)11-10-27(35)31-17-14-22-20-32-26-9-4-3-8-25(22)26/h3-9,18,20,24,32H,10-17,19H2,1-2H3,(H,31,35)(H,33,36). The summed E-state index contributed by atoms with van der Waals surface area (Å²) in [5.41, 5.74) is 3.60. The van der Waals surface area contributed by atoms with Gasteiger partial charge in [0.2, 0.25) is 11.8 Å². The van der Waals surface area contributed by atoms with Crippen LogP contribution in [0.5, 0.6) is 0 Å². The van der Waals surface area contributed by atoms with Crippen LogP contribution >= 0.6 is 11.6 Å². The molecule has 1 aliphatic rings. The predicted molar refractivity (Wildman–Crippen MR) is 146 cm³/mol. The van der Waals surface area contributed by atoms with Gasteiger partial charge in [-0.05, 0) is 81.9 Å². The summed E-state index contributed by atoms with van der Waals surface area (Å²) in [4.78, 5) is 30.4. The largest absolute Gasteiger partial charge is 0.361 e. The van der Waals surface area contributed by atoms with Gasteiger partial charge in [0.15, 0.2) is 0 Å². The van der Waals surface area contributed by atoms with E-state index in [1.807, 2.05) is 42.6 Å². The first-order valence-corrected chi connectivity index (χ1v) is 13.3. The molecule has 0 saturated heterocycles. The molecule has 2 amide bonds. The molecule has 4 rings (SSSR count). The molecule has 3 aromatic rings. The smallest absolute Gasteiger partial charge is 0.220 e. The number of carbonyl (C=O) groups is 2. The zero-order valence-corrected chi connectivity index (χ0v) is 22.0. The summed E-state index contributed by atoms with van der Waals surface area (Å²) in [7, 11) is 4.28. The predicted octanol–water partition coefficient (Wildman–Crippen LogP) is 4.86. The van der Waals surface area contributed by atoms with Gasteiger partial charge >= 0.3 is 0 Å². The van der Waals surface area contributed by atoms with Gasteiger partial charge in [-0.25, -0.2) is 0 Å². The van der Waals surface area contributed by atoms with Gasteiger partial charge in [-0.2, -0.15) is 0 Å². The summed E-state index contributed by atoms with van der Waals surface area (Å²) < 4.78 is 0.